The predicted octanol–water partition coefficient (Wildman–Crippen LogP) is 3.57. The molecule has 3 heterocycles. The quantitative estimate of drug-likeness (QED) is 0.861. The summed E-state index contributed by atoms with van der Waals surface area (Å²) in [4.78, 5) is 19.5. The van der Waals surface area contributed by atoms with Gasteiger partial charge in [-0.25, -0.2) is 4.98 Å². The average molecular weight is 333 g/mol. The van der Waals surface area contributed by atoms with E-state index in [-0.39, 0.29) is 11.8 Å². The summed E-state index contributed by atoms with van der Waals surface area (Å²) in [7, 11) is 0. The number of aromatic nitrogens is 2. The van der Waals surface area contributed by atoms with E-state index in [0.717, 1.165) is 53.7 Å². The first kappa shape index (κ1) is 16.2. The van der Waals surface area contributed by atoms with E-state index < -0.39 is 0 Å². The Labute approximate surface area is 140 Å². The van der Waals surface area contributed by atoms with Crippen LogP contribution >= 0.6 is 11.3 Å². The van der Waals surface area contributed by atoms with Gasteiger partial charge < -0.3 is 9.42 Å². The Bertz CT molecular complexity index is 687. The van der Waals surface area contributed by atoms with E-state index in [1.165, 1.54) is 0 Å². The summed E-state index contributed by atoms with van der Waals surface area (Å²) in [5.41, 5.74) is 2.81. The van der Waals surface area contributed by atoms with Crippen molar-refractivity contribution >= 4 is 17.2 Å². The van der Waals surface area contributed by atoms with E-state index in [9.17, 15) is 4.79 Å². The number of hydrogen-bond donors (Lipinski definition) is 0. The highest BCUT2D eigenvalue weighted by Gasteiger charge is 2.31. The maximum Gasteiger partial charge on any atom is 0.230 e. The van der Waals surface area contributed by atoms with Crippen LogP contribution in [0.25, 0.3) is 0 Å². The molecule has 1 aliphatic heterocycles. The van der Waals surface area contributed by atoms with Crippen LogP contribution in [-0.2, 0) is 4.79 Å². The van der Waals surface area contributed by atoms with E-state index in [1.807, 2.05) is 32.6 Å². The molecule has 0 aromatic carbocycles. The molecular weight excluding hydrogens is 310 g/mol. The van der Waals surface area contributed by atoms with Crippen molar-refractivity contribution in [2.45, 2.75) is 52.4 Å². The zero-order valence-corrected chi connectivity index (χ0v) is 14.9. The van der Waals surface area contributed by atoms with Gasteiger partial charge in [0.2, 0.25) is 5.91 Å². The van der Waals surface area contributed by atoms with Gasteiger partial charge in [-0.3, -0.25) is 4.79 Å². The number of thiazole rings is 1. The van der Waals surface area contributed by atoms with Gasteiger partial charge in [0.25, 0.3) is 0 Å². The third kappa shape index (κ3) is 3.17. The van der Waals surface area contributed by atoms with Crippen LogP contribution in [0.2, 0.25) is 0 Å². The van der Waals surface area contributed by atoms with E-state index >= 15 is 0 Å². The van der Waals surface area contributed by atoms with Crippen LogP contribution < -0.4 is 0 Å². The van der Waals surface area contributed by atoms with Gasteiger partial charge in [0.1, 0.15) is 5.76 Å². The van der Waals surface area contributed by atoms with Gasteiger partial charge in [-0.1, -0.05) is 5.16 Å². The molecule has 3 rings (SSSR count). The van der Waals surface area contributed by atoms with Gasteiger partial charge in [0.15, 0.2) is 0 Å². The number of hydrogen-bond acceptors (Lipinski definition) is 5. The summed E-state index contributed by atoms with van der Waals surface area (Å²) in [5, 5.41) is 7.22. The number of likely N-dealkylation sites (tertiary alicyclic amines) is 1. The molecule has 2 atom stereocenters. The Morgan fingerprint density at radius 1 is 1.43 bits per heavy atom. The SMILES string of the molecule is Cc1csc([C@@H]2CCCN(C(=O)[C@H](C)c3c(C)noc3C)C2)n1. The predicted molar refractivity (Wildman–Crippen MR) is 89.8 cm³/mol. The van der Waals surface area contributed by atoms with Gasteiger partial charge in [0, 0.05) is 35.6 Å². The van der Waals surface area contributed by atoms with Crippen molar-refractivity contribution < 1.29 is 9.32 Å². The molecule has 124 valence electrons. The van der Waals surface area contributed by atoms with Crippen molar-refractivity contribution in [3.63, 3.8) is 0 Å². The zero-order valence-electron chi connectivity index (χ0n) is 14.1. The molecule has 0 spiro atoms. The second-order valence-corrected chi connectivity index (χ2v) is 7.30. The normalized spacial score (nSPS) is 19.8. The molecule has 1 fully saturated rings. The Balaban J connectivity index is 1.74. The lowest BCUT2D eigenvalue weighted by Crippen LogP contribution is -2.41. The number of carbonyl (C=O) groups is 1. The van der Waals surface area contributed by atoms with E-state index in [1.54, 1.807) is 11.3 Å². The smallest absolute Gasteiger partial charge is 0.230 e. The van der Waals surface area contributed by atoms with Gasteiger partial charge in [-0.05, 0) is 40.5 Å². The Morgan fingerprint density at radius 3 is 2.83 bits per heavy atom. The van der Waals surface area contributed by atoms with Gasteiger partial charge in [-0.2, -0.15) is 0 Å². The van der Waals surface area contributed by atoms with Gasteiger partial charge >= 0.3 is 0 Å². The third-order valence-corrected chi connectivity index (χ3v) is 5.74. The molecule has 2 aromatic rings. The van der Waals surface area contributed by atoms with Gasteiger partial charge in [0.05, 0.1) is 16.6 Å². The van der Waals surface area contributed by atoms with Crippen molar-refractivity contribution in [2.75, 3.05) is 13.1 Å². The van der Waals surface area contributed by atoms with Gasteiger partial charge in [-0.15, -0.1) is 11.3 Å². The van der Waals surface area contributed by atoms with Crippen molar-refractivity contribution in [1.82, 2.24) is 15.0 Å². The molecule has 0 bridgehead atoms. The summed E-state index contributed by atoms with van der Waals surface area (Å²) in [6.45, 7) is 9.33. The number of piperidine rings is 1. The Morgan fingerprint density at radius 2 is 2.22 bits per heavy atom. The molecule has 1 amide bonds. The average Bonchev–Trinajstić information content (AvgIpc) is 3.12. The fourth-order valence-corrected chi connectivity index (χ4v) is 4.37. The zero-order chi connectivity index (χ0) is 16.6. The van der Waals surface area contributed by atoms with E-state index in [2.05, 4.69) is 15.5 Å². The van der Waals surface area contributed by atoms with Crippen LogP contribution in [-0.4, -0.2) is 34.0 Å². The third-order valence-electron chi connectivity index (χ3n) is 4.61. The number of carbonyl (C=O) groups excluding carboxylic acids is 1. The number of rotatable bonds is 3. The summed E-state index contributed by atoms with van der Waals surface area (Å²) >= 11 is 1.71. The highest BCUT2D eigenvalue weighted by molar-refractivity contribution is 7.09. The van der Waals surface area contributed by atoms with Crippen LogP contribution in [0, 0.1) is 20.8 Å². The second-order valence-electron chi connectivity index (χ2n) is 6.41. The fraction of sp³-hybridized carbons (Fsp3) is 0.588. The minimum Gasteiger partial charge on any atom is -0.361 e. The molecule has 0 radical (unpaired) electrons. The van der Waals surface area contributed by atoms with Crippen molar-refractivity contribution in [1.29, 1.82) is 0 Å². The van der Waals surface area contributed by atoms with Crippen LogP contribution in [0.5, 0.6) is 0 Å². The van der Waals surface area contributed by atoms with Crippen molar-refractivity contribution in [3.05, 3.63) is 33.1 Å². The minimum absolute atomic E-state index is 0.164. The lowest BCUT2D eigenvalue weighted by Gasteiger charge is -2.33. The maximum absolute atomic E-state index is 12.9. The molecule has 1 aliphatic rings. The molecule has 2 aromatic heterocycles. The van der Waals surface area contributed by atoms with Crippen LogP contribution in [0.3, 0.4) is 0 Å². The maximum atomic E-state index is 12.9. The molecule has 1 saturated heterocycles. The highest BCUT2D eigenvalue weighted by Crippen LogP contribution is 2.32. The first-order valence-electron chi connectivity index (χ1n) is 8.11. The number of amides is 1. The lowest BCUT2D eigenvalue weighted by atomic mass is 9.94. The topological polar surface area (TPSA) is 59.2 Å². The highest BCUT2D eigenvalue weighted by atomic mass is 32.1. The minimum atomic E-state index is -0.210. The molecule has 0 unspecified atom stereocenters. The second kappa shape index (κ2) is 6.43. The molecule has 0 aliphatic carbocycles. The Hall–Kier alpha value is -1.69. The largest absolute Gasteiger partial charge is 0.361 e. The Kier molecular flexibility index (Phi) is 4.53. The summed E-state index contributed by atoms with van der Waals surface area (Å²) in [5.74, 6) is 1.06. The van der Waals surface area contributed by atoms with Crippen molar-refractivity contribution in [3.8, 4) is 0 Å². The molecule has 0 N–H and O–H groups in total. The number of aryl methyl sites for hydroxylation is 3. The monoisotopic (exact) mass is 333 g/mol. The van der Waals surface area contributed by atoms with Crippen LogP contribution in [0.15, 0.2) is 9.90 Å². The fourth-order valence-electron chi connectivity index (χ4n) is 3.44. The van der Waals surface area contributed by atoms with E-state index in [0.29, 0.717) is 5.92 Å². The molecule has 23 heavy (non-hydrogen) atoms. The van der Waals surface area contributed by atoms with Crippen LogP contribution in [0.1, 0.15) is 59.3 Å². The summed E-state index contributed by atoms with van der Waals surface area (Å²) in [6.07, 6.45) is 2.14. The summed E-state index contributed by atoms with van der Waals surface area (Å²) < 4.78 is 5.22. The van der Waals surface area contributed by atoms with Crippen LogP contribution in [0.4, 0.5) is 0 Å². The molecular formula is C17H23N3O2S. The molecule has 6 heteroatoms. The molecule has 5 nitrogen and oxygen atoms in total. The summed E-state index contributed by atoms with van der Waals surface area (Å²) in [6, 6.07) is 0. The lowest BCUT2D eigenvalue weighted by molar-refractivity contribution is -0.133. The first-order valence-corrected chi connectivity index (χ1v) is 8.99. The first-order chi connectivity index (χ1) is 11.0. The standard InChI is InChI=1S/C17H23N3O2S/c1-10-9-23-16(18-10)14-6-5-7-20(8-14)17(21)11(2)15-12(3)19-22-13(15)4/h9,11,14H,5-8H2,1-4H3/t11-,14-/m1/s1. The van der Waals surface area contributed by atoms with Crippen molar-refractivity contribution in [2.24, 2.45) is 0 Å². The number of nitrogens with zero attached hydrogens (tertiary/aromatic N) is 3. The van der Waals surface area contributed by atoms with E-state index in [4.69, 9.17) is 4.52 Å². The molecule has 0 saturated carbocycles.